The van der Waals surface area contributed by atoms with Crippen molar-refractivity contribution in [3.8, 4) is 0 Å². The number of benzene rings is 2. The van der Waals surface area contributed by atoms with Gasteiger partial charge in [-0.1, -0.05) is 38.1 Å². The molecule has 0 aliphatic heterocycles. The summed E-state index contributed by atoms with van der Waals surface area (Å²) in [5.41, 5.74) is 8.62. The Morgan fingerprint density at radius 1 is 0.875 bits per heavy atom. The number of rotatable bonds is 8. The highest BCUT2D eigenvalue weighted by molar-refractivity contribution is 7.89. The van der Waals surface area contributed by atoms with E-state index < -0.39 is 10.0 Å². The van der Waals surface area contributed by atoms with Crippen LogP contribution in [0.1, 0.15) is 25.0 Å². The Labute approximate surface area is 144 Å². The topological polar surface area (TPSA) is 75.4 Å². The van der Waals surface area contributed by atoms with E-state index in [0.717, 1.165) is 23.4 Å². The summed E-state index contributed by atoms with van der Waals surface area (Å²) in [6.07, 6.45) is 0. The van der Waals surface area contributed by atoms with Crippen molar-refractivity contribution in [2.75, 3.05) is 18.8 Å². The van der Waals surface area contributed by atoms with Gasteiger partial charge in [-0.25, -0.2) is 8.42 Å². The molecule has 0 atom stereocenters. The Kier molecular flexibility index (Phi) is 6.36. The molecule has 2 rings (SSSR count). The maximum atomic E-state index is 12.4. The number of nitrogens with zero attached hydrogens (tertiary/aromatic N) is 1. The molecule has 0 unspecified atom stereocenters. The van der Waals surface area contributed by atoms with Gasteiger partial charge in [-0.05, 0) is 35.4 Å². The van der Waals surface area contributed by atoms with Crippen LogP contribution in [-0.2, 0) is 23.1 Å². The Hall–Kier alpha value is -1.89. The fourth-order valence-corrected chi connectivity index (χ4v) is 3.94. The molecule has 2 aromatic carbocycles. The number of nitrogens with two attached hydrogens (primary N) is 1. The molecular formula is C18H25N3O2S. The third-order valence-electron chi connectivity index (χ3n) is 3.90. The number of nitrogens with one attached hydrogen (secondary N) is 1. The van der Waals surface area contributed by atoms with Crippen LogP contribution in [0, 0.1) is 0 Å². The Bertz CT molecular complexity index is 737. The zero-order valence-corrected chi connectivity index (χ0v) is 15.0. The highest BCUT2D eigenvalue weighted by Gasteiger charge is 2.20. The normalized spacial score (nSPS) is 11.8. The van der Waals surface area contributed by atoms with Crippen LogP contribution in [0.4, 0.5) is 5.69 Å². The molecule has 0 aromatic heterocycles. The van der Waals surface area contributed by atoms with Crippen molar-refractivity contribution in [3.63, 3.8) is 0 Å². The molecule has 5 nitrogen and oxygen atoms in total. The molecule has 3 N–H and O–H groups in total. The van der Waals surface area contributed by atoms with Gasteiger partial charge in [0.15, 0.2) is 0 Å². The summed E-state index contributed by atoms with van der Waals surface area (Å²) < 4.78 is 26.3. The SMILES string of the molecule is CCN(CC)S(=O)(=O)c1ccc(CNCc2ccc(N)cc2)cc1. The van der Waals surface area contributed by atoms with E-state index in [-0.39, 0.29) is 0 Å². The minimum Gasteiger partial charge on any atom is -0.399 e. The highest BCUT2D eigenvalue weighted by Crippen LogP contribution is 2.16. The summed E-state index contributed by atoms with van der Waals surface area (Å²) in [5.74, 6) is 0. The van der Waals surface area contributed by atoms with Crippen molar-refractivity contribution in [1.82, 2.24) is 9.62 Å². The van der Waals surface area contributed by atoms with Crippen LogP contribution in [0.25, 0.3) is 0 Å². The van der Waals surface area contributed by atoms with Gasteiger partial charge in [-0.2, -0.15) is 4.31 Å². The molecule has 0 aliphatic rings. The van der Waals surface area contributed by atoms with E-state index in [1.165, 1.54) is 4.31 Å². The lowest BCUT2D eigenvalue weighted by molar-refractivity contribution is 0.445. The molecule has 6 heteroatoms. The maximum Gasteiger partial charge on any atom is 0.243 e. The summed E-state index contributed by atoms with van der Waals surface area (Å²) >= 11 is 0. The molecule has 0 spiro atoms. The minimum atomic E-state index is -3.38. The fourth-order valence-electron chi connectivity index (χ4n) is 2.48. The van der Waals surface area contributed by atoms with Crippen LogP contribution in [0.15, 0.2) is 53.4 Å². The van der Waals surface area contributed by atoms with E-state index in [1.807, 2.05) is 50.2 Å². The second kappa shape index (κ2) is 8.28. The van der Waals surface area contributed by atoms with Crippen LogP contribution in [-0.4, -0.2) is 25.8 Å². The van der Waals surface area contributed by atoms with Gasteiger partial charge in [0.1, 0.15) is 0 Å². The number of anilines is 1. The van der Waals surface area contributed by atoms with Gasteiger partial charge in [0.25, 0.3) is 0 Å². The third kappa shape index (κ3) is 4.56. The molecule has 0 heterocycles. The molecule has 0 amide bonds. The molecule has 130 valence electrons. The van der Waals surface area contributed by atoms with Gasteiger partial charge in [-0.15, -0.1) is 0 Å². The number of hydrogen-bond acceptors (Lipinski definition) is 4. The van der Waals surface area contributed by atoms with E-state index in [1.54, 1.807) is 12.1 Å². The lowest BCUT2D eigenvalue weighted by Gasteiger charge is -2.18. The third-order valence-corrected chi connectivity index (χ3v) is 5.97. The monoisotopic (exact) mass is 347 g/mol. The van der Waals surface area contributed by atoms with E-state index in [0.29, 0.717) is 24.5 Å². The van der Waals surface area contributed by atoms with E-state index in [4.69, 9.17) is 5.73 Å². The van der Waals surface area contributed by atoms with Crippen LogP contribution in [0.5, 0.6) is 0 Å². The quantitative estimate of drug-likeness (QED) is 0.720. The molecule has 0 saturated carbocycles. The Balaban J connectivity index is 1.95. The first-order valence-electron chi connectivity index (χ1n) is 8.11. The van der Waals surface area contributed by atoms with Gasteiger partial charge >= 0.3 is 0 Å². The Morgan fingerprint density at radius 3 is 1.79 bits per heavy atom. The van der Waals surface area contributed by atoms with E-state index >= 15 is 0 Å². The highest BCUT2D eigenvalue weighted by atomic mass is 32.2. The number of hydrogen-bond donors (Lipinski definition) is 2. The lowest BCUT2D eigenvalue weighted by atomic mass is 10.2. The maximum absolute atomic E-state index is 12.4. The molecule has 0 saturated heterocycles. The lowest BCUT2D eigenvalue weighted by Crippen LogP contribution is -2.30. The summed E-state index contributed by atoms with van der Waals surface area (Å²) in [6.45, 7) is 6.05. The first-order chi connectivity index (χ1) is 11.5. The summed E-state index contributed by atoms with van der Waals surface area (Å²) in [5, 5.41) is 3.34. The average Bonchev–Trinajstić information content (AvgIpc) is 2.58. The predicted octanol–water partition coefficient (Wildman–Crippen LogP) is 2.59. The van der Waals surface area contributed by atoms with Crippen molar-refractivity contribution in [1.29, 1.82) is 0 Å². The average molecular weight is 347 g/mol. The molecule has 0 fully saturated rings. The largest absolute Gasteiger partial charge is 0.399 e. The minimum absolute atomic E-state index is 0.341. The van der Waals surface area contributed by atoms with Gasteiger partial charge in [0.2, 0.25) is 10.0 Å². The second-order valence-electron chi connectivity index (χ2n) is 5.58. The molecule has 0 aliphatic carbocycles. The molecule has 2 aromatic rings. The first kappa shape index (κ1) is 18.4. The van der Waals surface area contributed by atoms with Gasteiger partial charge < -0.3 is 11.1 Å². The van der Waals surface area contributed by atoms with Gasteiger partial charge in [-0.3, -0.25) is 0 Å². The Morgan fingerprint density at radius 2 is 1.33 bits per heavy atom. The van der Waals surface area contributed by atoms with E-state index in [9.17, 15) is 8.42 Å². The smallest absolute Gasteiger partial charge is 0.243 e. The summed E-state index contributed by atoms with van der Waals surface area (Å²) in [7, 11) is -3.38. The standard InChI is InChI=1S/C18H25N3O2S/c1-3-21(4-2)24(22,23)18-11-7-16(8-12-18)14-20-13-15-5-9-17(19)10-6-15/h5-12,20H,3-4,13-14,19H2,1-2H3. The molecule has 0 bridgehead atoms. The van der Waals surface area contributed by atoms with Crippen molar-refractivity contribution in [2.45, 2.75) is 31.8 Å². The number of nitrogen functional groups attached to an aromatic ring is 1. The van der Waals surface area contributed by atoms with Crippen molar-refractivity contribution >= 4 is 15.7 Å². The van der Waals surface area contributed by atoms with Gasteiger partial charge in [0.05, 0.1) is 4.90 Å². The van der Waals surface area contributed by atoms with Crippen LogP contribution >= 0.6 is 0 Å². The first-order valence-corrected chi connectivity index (χ1v) is 9.55. The van der Waals surface area contributed by atoms with Crippen LogP contribution in [0.2, 0.25) is 0 Å². The number of sulfonamides is 1. The van der Waals surface area contributed by atoms with Crippen molar-refractivity contribution in [2.24, 2.45) is 0 Å². The zero-order chi connectivity index (χ0) is 17.6. The van der Waals surface area contributed by atoms with Crippen molar-refractivity contribution in [3.05, 3.63) is 59.7 Å². The molecular weight excluding hydrogens is 322 g/mol. The van der Waals surface area contributed by atoms with Crippen LogP contribution < -0.4 is 11.1 Å². The van der Waals surface area contributed by atoms with Gasteiger partial charge in [0, 0.05) is 31.9 Å². The molecule has 24 heavy (non-hydrogen) atoms. The van der Waals surface area contributed by atoms with Crippen molar-refractivity contribution < 1.29 is 8.42 Å². The molecule has 0 radical (unpaired) electrons. The summed E-state index contributed by atoms with van der Waals surface area (Å²) in [4.78, 5) is 0.341. The zero-order valence-electron chi connectivity index (χ0n) is 14.2. The predicted molar refractivity (Wildman–Crippen MR) is 97.9 cm³/mol. The summed E-state index contributed by atoms with van der Waals surface area (Å²) in [6, 6.07) is 14.8. The van der Waals surface area contributed by atoms with Crippen LogP contribution in [0.3, 0.4) is 0 Å². The second-order valence-corrected chi connectivity index (χ2v) is 7.52. The van der Waals surface area contributed by atoms with E-state index in [2.05, 4.69) is 5.32 Å². The fraction of sp³-hybridized carbons (Fsp3) is 0.333.